The van der Waals surface area contributed by atoms with Gasteiger partial charge in [0, 0.05) is 69.7 Å². The van der Waals surface area contributed by atoms with E-state index in [1.165, 1.54) is 0 Å². The van der Waals surface area contributed by atoms with Crippen molar-refractivity contribution in [2.45, 2.75) is 63.1 Å². The number of aromatic nitrogens is 4. The zero-order valence-corrected chi connectivity index (χ0v) is 32.2. The number of likely N-dealkylation sites (tertiary alicyclic amines) is 1. The highest BCUT2D eigenvalue weighted by Crippen LogP contribution is 2.33. The highest BCUT2D eigenvalue weighted by molar-refractivity contribution is 6.31. The van der Waals surface area contributed by atoms with E-state index in [2.05, 4.69) is 30.6 Å². The van der Waals surface area contributed by atoms with Gasteiger partial charge < -0.3 is 19.9 Å². The number of amides is 5. The highest BCUT2D eigenvalue weighted by Gasteiger charge is 2.30. The number of hydrogen-bond donors (Lipinski definition) is 2. The van der Waals surface area contributed by atoms with Crippen molar-refractivity contribution < 1.29 is 23.9 Å². The molecule has 0 atom stereocenters. The molecule has 4 aliphatic rings. The van der Waals surface area contributed by atoms with E-state index in [-0.39, 0.29) is 48.0 Å². The van der Waals surface area contributed by atoms with Gasteiger partial charge in [0.2, 0.25) is 11.8 Å². The maximum Gasteiger partial charge on any atom is 0.328 e. The minimum Gasteiger partial charge on any atom is -0.490 e. The maximum absolute atomic E-state index is 13.4. The van der Waals surface area contributed by atoms with Crippen molar-refractivity contribution in [3.63, 3.8) is 0 Å². The number of halogens is 1. The standard InChI is InChI=1S/C40H44ClN11O5/c41-32-22-30(7-4-26(32)23-42)57-29-8-5-27(6-9-29)44-39(55)33-10-11-36(47-46-33)49-20-18-48(19-21-49)25-38(54)50-15-12-28(13-16-50)52-35-3-1-2-34(31(35)24-43-52)51-17-14-37(53)45-40(51)56/h1-4,7,10-11,22,24,27-29H,5-6,8-9,12-21,25H2,(H,44,55)(H,45,53,56). The van der Waals surface area contributed by atoms with Gasteiger partial charge in [-0.25, -0.2) is 4.79 Å². The van der Waals surface area contributed by atoms with Gasteiger partial charge >= 0.3 is 6.03 Å². The molecule has 17 heteroatoms. The lowest BCUT2D eigenvalue weighted by Gasteiger charge is -2.37. The first-order valence-electron chi connectivity index (χ1n) is 19.6. The largest absolute Gasteiger partial charge is 0.490 e. The third-order valence-corrected chi connectivity index (χ3v) is 11.8. The predicted octanol–water partition coefficient (Wildman–Crippen LogP) is 3.90. The molecule has 296 valence electrons. The summed E-state index contributed by atoms with van der Waals surface area (Å²) in [5.41, 5.74) is 2.34. The van der Waals surface area contributed by atoms with Crippen molar-refractivity contribution in [3.8, 4) is 11.8 Å². The van der Waals surface area contributed by atoms with Crippen molar-refractivity contribution in [1.29, 1.82) is 5.26 Å². The third-order valence-electron chi connectivity index (χ3n) is 11.4. The fraction of sp³-hybridized carbons (Fsp3) is 0.450. The molecule has 0 unspecified atom stereocenters. The summed E-state index contributed by atoms with van der Waals surface area (Å²) in [4.78, 5) is 58.4. The summed E-state index contributed by atoms with van der Waals surface area (Å²) in [5.74, 6) is 0.936. The number of benzene rings is 2. The van der Waals surface area contributed by atoms with E-state index in [4.69, 9.17) is 26.7 Å². The van der Waals surface area contributed by atoms with E-state index >= 15 is 0 Å². The van der Waals surface area contributed by atoms with Crippen LogP contribution in [0.15, 0.2) is 54.7 Å². The van der Waals surface area contributed by atoms with E-state index < -0.39 is 6.03 Å². The molecule has 4 fully saturated rings. The van der Waals surface area contributed by atoms with Crippen LogP contribution < -0.4 is 25.2 Å². The van der Waals surface area contributed by atoms with E-state index in [0.29, 0.717) is 74.5 Å². The third kappa shape index (κ3) is 8.49. The molecule has 2 aromatic carbocycles. The van der Waals surface area contributed by atoms with Gasteiger partial charge in [0.15, 0.2) is 11.5 Å². The monoisotopic (exact) mass is 793 g/mol. The number of rotatable bonds is 9. The quantitative estimate of drug-likeness (QED) is 0.251. The number of ether oxygens (including phenoxy) is 1. The van der Waals surface area contributed by atoms with E-state index in [0.717, 1.165) is 55.1 Å². The SMILES string of the molecule is N#Cc1ccc(OC2CCC(NC(=O)c3ccc(N4CCN(CC(=O)N5CCC(n6ncc7c(N8CCC(=O)NC8=O)cccc76)CC5)CC4)nn3)CC2)cc1Cl. The number of nitriles is 1. The van der Waals surface area contributed by atoms with Gasteiger partial charge in [-0.1, -0.05) is 17.7 Å². The molecule has 57 heavy (non-hydrogen) atoms. The first-order chi connectivity index (χ1) is 27.7. The van der Waals surface area contributed by atoms with E-state index in [1.807, 2.05) is 39.9 Å². The minimum absolute atomic E-state index is 0.0115. The number of piperidine rings is 1. The van der Waals surface area contributed by atoms with Crippen molar-refractivity contribution >= 4 is 57.8 Å². The Morgan fingerprint density at radius 2 is 1.72 bits per heavy atom. The van der Waals surface area contributed by atoms with Crippen LogP contribution in [0.2, 0.25) is 5.02 Å². The molecule has 4 aromatic rings. The van der Waals surface area contributed by atoms with Crippen LogP contribution in [0.25, 0.3) is 10.9 Å². The molecule has 1 saturated carbocycles. The Labute approximate surface area is 334 Å². The molecule has 0 spiro atoms. The normalized spacial score (nSPS) is 20.9. The second-order valence-electron chi connectivity index (χ2n) is 15.0. The van der Waals surface area contributed by atoms with Crippen LogP contribution in [-0.2, 0) is 9.59 Å². The molecule has 3 aliphatic heterocycles. The van der Waals surface area contributed by atoms with Crippen LogP contribution in [0.3, 0.4) is 0 Å². The summed E-state index contributed by atoms with van der Waals surface area (Å²) in [7, 11) is 0. The minimum atomic E-state index is -0.420. The Morgan fingerprint density at radius 1 is 0.930 bits per heavy atom. The molecule has 2 aromatic heterocycles. The Hall–Kier alpha value is -5.79. The number of imide groups is 1. The van der Waals surface area contributed by atoms with Crippen molar-refractivity contribution in [1.82, 2.24) is 40.4 Å². The average molecular weight is 794 g/mol. The number of fused-ring (bicyclic) bond motifs is 1. The van der Waals surface area contributed by atoms with Gasteiger partial charge in [0.1, 0.15) is 11.8 Å². The fourth-order valence-corrected chi connectivity index (χ4v) is 8.43. The van der Waals surface area contributed by atoms with Crippen LogP contribution in [0.1, 0.15) is 67.0 Å². The number of anilines is 2. The first kappa shape index (κ1) is 38.1. The Balaban J connectivity index is 0.758. The number of urea groups is 1. The summed E-state index contributed by atoms with van der Waals surface area (Å²) < 4.78 is 8.08. The predicted molar refractivity (Wildman–Crippen MR) is 211 cm³/mol. The molecule has 3 saturated heterocycles. The number of nitrogens with zero attached hydrogens (tertiary/aromatic N) is 9. The maximum atomic E-state index is 13.4. The summed E-state index contributed by atoms with van der Waals surface area (Å²) in [6, 6.07) is 16.2. The second kappa shape index (κ2) is 16.7. The lowest BCUT2D eigenvalue weighted by molar-refractivity contribution is -0.133. The van der Waals surface area contributed by atoms with Crippen LogP contribution in [0, 0.1) is 11.3 Å². The van der Waals surface area contributed by atoms with Gasteiger partial charge in [0.25, 0.3) is 5.91 Å². The molecule has 0 radical (unpaired) electrons. The van der Waals surface area contributed by atoms with Gasteiger partial charge in [-0.15, -0.1) is 10.2 Å². The van der Waals surface area contributed by atoms with E-state index in [9.17, 15) is 19.2 Å². The topological polar surface area (TPSA) is 182 Å². The molecule has 8 rings (SSSR count). The van der Waals surface area contributed by atoms with Gasteiger partial charge in [-0.05, 0) is 74.9 Å². The lowest BCUT2D eigenvalue weighted by Crippen LogP contribution is -2.51. The molecule has 5 amide bonds. The molecular weight excluding hydrogens is 750 g/mol. The fourth-order valence-electron chi connectivity index (χ4n) is 8.21. The van der Waals surface area contributed by atoms with Gasteiger partial charge in [-0.2, -0.15) is 10.4 Å². The zero-order chi connectivity index (χ0) is 39.5. The Kier molecular flexibility index (Phi) is 11.2. The average Bonchev–Trinajstić information content (AvgIpc) is 3.67. The van der Waals surface area contributed by atoms with Crippen molar-refractivity contribution in [2.24, 2.45) is 0 Å². The van der Waals surface area contributed by atoms with Crippen LogP contribution in [0.5, 0.6) is 5.75 Å². The second-order valence-corrected chi connectivity index (χ2v) is 15.4. The number of carbonyl (C=O) groups excluding carboxylic acids is 4. The zero-order valence-electron chi connectivity index (χ0n) is 31.5. The molecular formula is C40H44ClN11O5. The number of nitrogens with one attached hydrogen (secondary N) is 2. The smallest absolute Gasteiger partial charge is 0.328 e. The number of carbonyl (C=O) groups is 4. The van der Waals surface area contributed by atoms with Crippen molar-refractivity contribution in [2.75, 3.05) is 62.2 Å². The number of hydrogen-bond acceptors (Lipinski definition) is 11. The van der Waals surface area contributed by atoms with Gasteiger partial charge in [0.05, 0.1) is 46.7 Å². The molecule has 5 heterocycles. The number of piperazine rings is 1. The molecule has 0 bridgehead atoms. The summed E-state index contributed by atoms with van der Waals surface area (Å²) >= 11 is 6.14. The van der Waals surface area contributed by atoms with Crippen LogP contribution in [-0.4, -0.2) is 118 Å². The summed E-state index contributed by atoms with van der Waals surface area (Å²) in [5, 5.41) is 29.1. The van der Waals surface area contributed by atoms with E-state index in [1.54, 1.807) is 35.4 Å². The van der Waals surface area contributed by atoms with Gasteiger partial charge in [-0.3, -0.25) is 34.2 Å². The highest BCUT2D eigenvalue weighted by atomic mass is 35.5. The Bertz CT molecular complexity index is 2180. The van der Waals surface area contributed by atoms with Crippen LogP contribution >= 0.6 is 11.6 Å². The summed E-state index contributed by atoms with van der Waals surface area (Å²) in [6.45, 7) is 4.77. The van der Waals surface area contributed by atoms with Crippen molar-refractivity contribution in [3.05, 3.63) is 71.0 Å². The summed E-state index contributed by atoms with van der Waals surface area (Å²) in [6.07, 6.45) is 6.71. The molecule has 2 N–H and O–H groups in total. The molecule has 16 nitrogen and oxygen atoms in total. The lowest BCUT2D eigenvalue weighted by atomic mass is 9.93. The first-order valence-corrected chi connectivity index (χ1v) is 19.9. The molecule has 1 aliphatic carbocycles. The van der Waals surface area contributed by atoms with Crippen LogP contribution in [0.4, 0.5) is 16.3 Å². The Morgan fingerprint density at radius 3 is 2.42 bits per heavy atom.